The maximum absolute atomic E-state index is 11.7. The zero-order valence-electron chi connectivity index (χ0n) is 13.8. The number of carbonyl (C=O) groups excluding carboxylic acids is 1. The van der Waals surface area contributed by atoms with Crippen LogP contribution in [0, 0.1) is 5.92 Å². The molecule has 4 nitrogen and oxygen atoms in total. The van der Waals surface area contributed by atoms with Crippen molar-refractivity contribution in [3.8, 4) is 0 Å². The second-order valence-corrected chi connectivity index (χ2v) is 7.09. The van der Waals surface area contributed by atoms with Crippen LogP contribution in [0.25, 0.3) is 0 Å². The molecule has 1 saturated carbocycles. The first-order valence-electron chi connectivity index (χ1n) is 8.03. The predicted octanol–water partition coefficient (Wildman–Crippen LogP) is 3.46. The van der Waals surface area contributed by atoms with E-state index in [0.717, 1.165) is 12.5 Å². The van der Waals surface area contributed by atoms with Gasteiger partial charge >= 0.3 is 6.09 Å². The lowest BCUT2D eigenvalue weighted by molar-refractivity contribution is 0.0507. The predicted molar refractivity (Wildman–Crippen MR) is 82.9 cm³/mol. The van der Waals surface area contributed by atoms with Crippen LogP contribution in [0.2, 0.25) is 0 Å². The standard InChI is InChI=1S/C16H32N2O2/c1-6-13-8-7-9-14(10-13)17-11-12(2)18-15(19)20-16(3,4)5/h12-14,17H,6-11H2,1-5H3,(H,18,19). The maximum Gasteiger partial charge on any atom is 0.407 e. The number of nitrogens with one attached hydrogen (secondary N) is 2. The highest BCUT2D eigenvalue weighted by atomic mass is 16.6. The molecule has 3 atom stereocenters. The number of rotatable bonds is 5. The minimum atomic E-state index is -0.436. The highest BCUT2D eigenvalue weighted by Crippen LogP contribution is 2.26. The molecule has 0 aromatic carbocycles. The fraction of sp³-hybridized carbons (Fsp3) is 0.938. The van der Waals surface area contributed by atoms with Crippen LogP contribution in [0.15, 0.2) is 0 Å². The van der Waals surface area contributed by atoms with E-state index in [1.54, 1.807) is 0 Å². The summed E-state index contributed by atoms with van der Waals surface area (Å²) in [5, 5.41) is 6.46. The second-order valence-electron chi connectivity index (χ2n) is 7.09. The first kappa shape index (κ1) is 17.3. The lowest BCUT2D eigenvalue weighted by Gasteiger charge is -2.30. The topological polar surface area (TPSA) is 50.4 Å². The van der Waals surface area contributed by atoms with Crippen molar-refractivity contribution in [1.82, 2.24) is 10.6 Å². The summed E-state index contributed by atoms with van der Waals surface area (Å²) < 4.78 is 5.26. The first-order chi connectivity index (χ1) is 9.30. The van der Waals surface area contributed by atoms with Gasteiger partial charge in [-0.1, -0.05) is 26.2 Å². The fourth-order valence-electron chi connectivity index (χ4n) is 2.75. The Kier molecular flexibility index (Phi) is 6.80. The molecule has 0 aromatic rings. The third-order valence-corrected chi connectivity index (χ3v) is 3.84. The number of ether oxygens (including phenoxy) is 1. The van der Waals surface area contributed by atoms with Crippen molar-refractivity contribution >= 4 is 6.09 Å². The average Bonchev–Trinajstić information content (AvgIpc) is 2.34. The van der Waals surface area contributed by atoms with E-state index < -0.39 is 5.60 Å². The minimum absolute atomic E-state index is 0.0897. The Morgan fingerprint density at radius 1 is 1.35 bits per heavy atom. The molecule has 1 rings (SSSR count). The van der Waals surface area contributed by atoms with Gasteiger partial charge in [-0.2, -0.15) is 0 Å². The van der Waals surface area contributed by atoms with Gasteiger partial charge in [0.05, 0.1) is 0 Å². The lowest BCUT2D eigenvalue weighted by Crippen LogP contribution is -2.45. The van der Waals surface area contributed by atoms with Crippen molar-refractivity contribution in [2.75, 3.05) is 6.54 Å². The summed E-state index contributed by atoms with van der Waals surface area (Å²) in [6, 6.07) is 0.698. The second kappa shape index (κ2) is 7.87. The van der Waals surface area contributed by atoms with Crippen LogP contribution in [-0.4, -0.2) is 30.3 Å². The van der Waals surface area contributed by atoms with E-state index in [4.69, 9.17) is 4.74 Å². The summed E-state index contributed by atoms with van der Waals surface area (Å²) in [5.41, 5.74) is -0.436. The Balaban J connectivity index is 2.22. The Labute approximate surface area is 124 Å². The Morgan fingerprint density at radius 3 is 2.65 bits per heavy atom. The number of alkyl carbamates (subject to hydrolysis) is 1. The van der Waals surface area contributed by atoms with Gasteiger partial charge in [0.15, 0.2) is 0 Å². The van der Waals surface area contributed by atoms with Gasteiger partial charge in [0.2, 0.25) is 0 Å². The normalized spacial score (nSPS) is 25.1. The van der Waals surface area contributed by atoms with Gasteiger partial charge in [-0.3, -0.25) is 0 Å². The van der Waals surface area contributed by atoms with Gasteiger partial charge in [-0.05, 0) is 46.5 Å². The molecule has 1 aliphatic carbocycles. The number of amides is 1. The van der Waals surface area contributed by atoms with Crippen LogP contribution in [0.3, 0.4) is 0 Å². The minimum Gasteiger partial charge on any atom is -0.444 e. The van der Waals surface area contributed by atoms with E-state index in [1.165, 1.54) is 32.1 Å². The summed E-state index contributed by atoms with van der Waals surface area (Å²) in [4.78, 5) is 11.7. The van der Waals surface area contributed by atoms with Crippen molar-refractivity contribution < 1.29 is 9.53 Å². The largest absolute Gasteiger partial charge is 0.444 e. The monoisotopic (exact) mass is 284 g/mol. The Hall–Kier alpha value is -0.770. The average molecular weight is 284 g/mol. The van der Waals surface area contributed by atoms with Crippen LogP contribution >= 0.6 is 0 Å². The molecule has 20 heavy (non-hydrogen) atoms. The fourth-order valence-corrected chi connectivity index (χ4v) is 2.75. The van der Waals surface area contributed by atoms with Crippen molar-refractivity contribution in [1.29, 1.82) is 0 Å². The molecule has 118 valence electrons. The zero-order valence-corrected chi connectivity index (χ0v) is 13.8. The van der Waals surface area contributed by atoms with Gasteiger partial charge < -0.3 is 15.4 Å². The van der Waals surface area contributed by atoms with E-state index in [0.29, 0.717) is 6.04 Å². The van der Waals surface area contributed by atoms with E-state index >= 15 is 0 Å². The SMILES string of the molecule is CCC1CCCC(NCC(C)NC(=O)OC(C)(C)C)C1. The van der Waals surface area contributed by atoms with Crippen molar-refractivity contribution in [2.24, 2.45) is 5.92 Å². The molecule has 0 heterocycles. The van der Waals surface area contributed by atoms with Gasteiger partial charge in [-0.25, -0.2) is 4.79 Å². The molecule has 4 heteroatoms. The molecule has 1 aliphatic rings. The quantitative estimate of drug-likeness (QED) is 0.813. The van der Waals surface area contributed by atoms with E-state index in [9.17, 15) is 4.79 Å². The molecule has 0 saturated heterocycles. The molecular weight excluding hydrogens is 252 g/mol. The third kappa shape index (κ3) is 7.13. The number of hydrogen-bond donors (Lipinski definition) is 2. The molecule has 3 unspecified atom stereocenters. The summed E-state index contributed by atoms with van der Waals surface area (Å²) >= 11 is 0. The maximum atomic E-state index is 11.7. The summed E-state index contributed by atoms with van der Waals surface area (Å²) in [6.07, 6.45) is 6.18. The molecule has 0 spiro atoms. The Morgan fingerprint density at radius 2 is 2.05 bits per heavy atom. The summed E-state index contributed by atoms with van der Waals surface area (Å²) in [6.45, 7) is 10.7. The molecule has 0 radical (unpaired) electrons. The zero-order chi connectivity index (χ0) is 15.2. The molecular formula is C16H32N2O2. The van der Waals surface area contributed by atoms with Gasteiger partial charge in [0.25, 0.3) is 0 Å². The van der Waals surface area contributed by atoms with Crippen LogP contribution in [-0.2, 0) is 4.74 Å². The molecule has 0 aliphatic heterocycles. The van der Waals surface area contributed by atoms with Crippen molar-refractivity contribution in [3.05, 3.63) is 0 Å². The number of hydrogen-bond acceptors (Lipinski definition) is 3. The molecule has 2 N–H and O–H groups in total. The van der Waals surface area contributed by atoms with Crippen molar-refractivity contribution in [3.63, 3.8) is 0 Å². The smallest absolute Gasteiger partial charge is 0.407 e. The van der Waals surface area contributed by atoms with Crippen LogP contribution in [0.4, 0.5) is 4.79 Å². The van der Waals surface area contributed by atoms with Gasteiger partial charge in [-0.15, -0.1) is 0 Å². The molecule has 1 amide bonds. The van der Waals surface area contributed by atoms with E-state index in [1.807, 2.05) is 27.7 Å². The Bertz CT molecular complexity index is 299. The van der Waals surface area contributed by atoms with Crippen LogP contribution in [0.1, 0.15) is 66.7 Å². The molecule has 0 aromatic heterocycles. The highest BCUT2D eigenvalue weighted by Gasteiger charge is 2.21. The van der Waals surface area contributed by atoms with E-state index in [2.05, 4.69) is 17.6 Å². The van der Waals surface area contributed by atoms with Crippen molar-refractivity contribution in [2.45, 2.75) is 84.4 Å². The molecule has 1 fully saturated rings. The molecule has 0 bridgehead atoms. The third-order valence-electron chi connectivity index (χ3n) is 3.84. The van der Waals surface area contributed by atoms with Crippen LogP contribution in [0.5, 0.6) is 0 Å². The number of carbonyl (C=O) groups is 1. The van der Waals surface area contributed by atoms with Crippen LogP contribution < -0.4 is 10.6 Å². The first-order valence-corrected chi connectivity index (χ1v) is 8.03. The van der Waals surface area contributed by atoms with Gasteiger partial charge in [0.1, 0.15) is 5.60 Å². The lowest BCUT2D eigenvalue weighted by atomic mass is 9.84. The highest BCUT2D eigenvalue weighted by molar-refractivity contribution is 5.68. The van der Waals surface area contributed by atoms with Gasteiger partial charge in [0, 0.05) is 18.6 Å². The summed E-state index contributed by atoms with van der Waals surface area (Å²) in [5.74, 6) is 0.871. The van der Waals surface area contributed by atoms with E-state index in [-0.39, 0.29) is 12.1 Å². The summed E-state index contributed by atoms with van der Waals surface area (Å²) in [7, 11) is 0.